The molecule has 0 bridgehead atoms. The Kier molecular flexibility index (Phi) is 4.81. The Bertz CT molecular complexity index is 259. The number of aryl methyl sites for hydroxylation is 1. The quantitative estimate of drug-likeness (QED) is 0.680. The molecule has 1 atom stereocenters. The monoisotopic (exact) mass is 198 g/mol. The molecule has 1 aromatic carbocycles. The van der Waals surface area contributed by atoms with Crippen molar-refractivity contribution in [3.8, 4) is 0 Å². The second kappa shape index (κ2) is 5.95. The Hall–Kier alpha value is -0.590. The van der Waals surface area contributed by atoms with Gasteiger partial charge in [-0.05, 0) is 18.9 Å². The third-order valence-corrected chi connectivity index (χ3v) is 3.03. The normalized spacial score (nSPS) is 12.7. The molecule has 0 spiro atoms. The van der Waals surface area contributed by atoms with Gasteiger partial charge in [-0.25, -0.2) is 0 Å². The van der Waals surface area contributed by atoms with Gasteiger partial charge in [-0.2, -0.15) is 0 Å². The molecular weight excluding hydrogens is 183 g/mol. The molecule has 0 amide bonds. The second-order valence-electron chi connectivity index (χ2n) is 2.79. The summed E-state index contributed by atoms with van der Waals surface area (Å²) in [6, 6.07) is 10.1. The maximum absolute atomic E-state index is 11.2. The highest BCUT2D eigenvalue weighted by Gasteiger charge is 1.98. The lowest BCUT2D eigenvalue weighted by Gasteiger charge is -2.01. The van der Waals surface area contributed by atoms with Crippen LogP contribution < -0.4 is 0 Å². The third kappa shape index (κ3) is 4.25. The zero-order valence-corrected chi connectivity index (χ0v) is 8.82. The summed E-state index contributed by atoms with van der Waals surface area (Å²) in [5, 5.41) is 0. The molecule has 0 aliphatic carbocycles. The minimum Gasteiger partial charge on any atom is -0.331 e. The minimum atomic E-state index is -1.79. The Morgan fingerprint density at radius 3 is 2.62 bits per heavy atom. The summed E-state index contributed by atoms with van der Waals surface area (Å²) in [5.41, 5.74) is 1.22. The van der Waals surface area contributed by atoms with Crippen LogP contribution in [-0.4, -0.2) is 12.8 Å². The molecule has 2 nitrogen and oxygen atoms in total. The van der Waals surface area contributed by atoms with Crippen LogP contribution in [0.2, 0.25) is 0 Å². The predicted molar refractivity (Wildman–Crippen MR) is 55.6 cm³/mol. The van der Waals surface area contributed by atoms with E-state index >= 15 is 0 Å². The Morgan fingerprint density at radius 1 is 1.31 bits per heavy atom. The van der Waals surface area contributed by atoms with Gasteiger partial charge in [0.05, 0.1) is 6.61 Å². The van der Waals surface area contributed by atoms with Crippen molar-refractivity contribution in [3.63, 3.8) is 0 Å². The van der Waals surface area contributed by atoms with Gasteiger partial charge in [0.2, 0.25) is 0 Å². The molecule has 1 rings (SSSR count). The lowest BCUT2D eigenvalue weighted by atomic mass is 10.2. The van der Waals surface area contributed by atoms with Crippen LogP contribution in [0.5, 0.6) is 0 Å². The van der Waals surface area contributed by atoms with Gasteiger partial charge in [-0.3, -0.25) is 4.57 Å². The van der Waals surface area contributed by atoms with E-state index in [0.29, 0.717) is 12.8 Å². The van der Waals surface area contributed by atoms with Crippen LogP contribution in [0.1, 0.15) is 12.5 Å². The molecule has 0 saturated carbocycles. The molecular formula is C10H15O2P. The van der Waals surface area contributed by atoms with E-state index in [9.17, 15) is 4.57 Å². The van der Waals surface area contributed by atoms with Crippen molar-refractivity contribution in [2.24, 2.45) is 0 Å². The fraction of sp³-hybridized carbons (Fsp3) is 0.400. The molecule has 0 N–H and O–H groups in total. The Balaban J connectivity index is 2.31. The van der Waals surface area contributed by atoms with Gasteiger partial charge in [0.1, 0.15) is 0 Å². The first-order chi connectivity index (χ1) is 6.33. The van der Waals surface area contributed by atoms with E-state index in [4.69, 9.17) is 4.52 Å². The van der Waals surface area contributed by atoms with Crippen LogP contribution in [0.3, 0.4) is 0 Å². The second-order valence-corrected chi connectivity index (χ2v) is 4.32. The van der Waals surface area contributed by atoms with Gasteiger partial charge >= 0.3 is 0 Å². The van der Waals surface area contributed by atoms with Gasteiger partial charge in [-0.15, -0.1) is 0 Å². The predicted octanol–water partition coefficient (Wildman–Crippen LogP) is 2.74. The van der Waals surface area contributed by atoms with Crippen molar-refractivity contribution >= 4 is 8.03 Å². The molecule has 72 valence electrons. The average molecular weight is 198 g/mol. The molecule has 0 aromatic heterocycles. The number of rotatable bonds is 5. The van der Waals surface area contributed by atoms with E-state index in [1.54, 1.807) is 0 Å². The van der Waals surface area contributed by atoms with Crippen molar-refractivity contribution in [1.82, 2.24) is 0 Å². The van der Waals surface area contributed by atoms with Gasteiger partial charge in [-0.1, -0.05) is 30.3 Å². The van der Waals surface area contributed by atoms with Crippen molar-refractivity contribution in [3.05, 3.63) is 35.9 Å². The van der Waals surface area contributed by atoms with E-state index < -0.39 is 8.03 Å². The molecule has 0 aliphatic rings. The van der Waals surface area contributed by atoms with Crippen molar-refractivity contribution in [2.45, 2.75) is 13.3 Å². The minimum absolute atomic E-state index is 0.548. The topological polar surface area (TPSA) is 26.3 Å². The van der Waals surface area contributed by atoms with Crippen LogP contribution >= 0.6 is 8.03 Å². The summed E-state index contributed by atoms with van der Waals surface area (Å²) in [6.07, 6.45) is 1.50. The fourth-order valence-corrected chi connectivity index (χ4v) is 2.08. The van der Waals surface area contributed by atoms with E-state index in [0.717, 1.165) is 6.42 Å². The molecule has 1 aromatic rings. The number of hydrogen-bond acceptors (Lipinski definition) is 2. The lowest BCUT2D eigenvalue weighted by Crippen LogP contribution is -1.89. The highest BCUT2D eigenvalue weighted by molar-refractivity contribution is 7.39. The maximum Gasteiger partial charge on any atom is 0.191 e. The first-order valence-corrected chi connectivity index (χ1v) is 6.05. The molecule has 0 saturated heterocycles. The molecule has 13 heavy (non-hydrogen) atoms. The van der Waals surface area contributed by atoms with E-state index in [1.165, 1.54) is 5.56 Å². The summed E-state index contributed by atoms with van der Waals surface area (Å²) in [7, 11) is -1.79. The standard InChI is InChI=1S/C10H15O2P/c1-2-12-13(11)9-8-10-6-4-3-5-7-10/h3-7,13H,2,8-9H2,1H3. The molecule has 0 fully saturated rings. The third-order valence-electron chi connectivity index (χ3n) is 1.77. The zero-order valence-electron chi connectivity index (χ0n) is 7.82. The van der Waals surface area contributed by atoms with Crippen LogP contribution in [0, 0.1) is 0 Å². The van der Waals surface area contributed by atoms with Crippen molar-refractivity contribution in [2.75, 3.05) is 12.8 Å². The summed E-state index contributed by atoms with van der Waals surface area (Å²) >= 11 is 0. The molecule has 0 radical (unpaired) electrons. The van der Waals surface area contributed by atoms with E-state index in [2.05, 4.69) is 0 Å². The first kappa shape index (κ1) is 10.5. The van der Waals surface area contributed by atoms with Crippen molar-refractivity contribution in [1.29, 1.82) is 0 Å². The van der Waals surface area contributed by atoms with Gasteiger partial charge in [0.25, 0.3) is 0 Å². The number of benzene rings is 1. The smallest absolute Gasteiger partial charge is 0.191 e. The fourth-order valence-electron chi connectivity index (χ4n) is 1.12. The summed E-state index contributed by atoms with van der Waals surface area (Å²) in [6.45, 7) is 2.41. The van der Waals surface area contributed by atoms with Crippen LogP contribution in [0.15, 0.2) is 30.3 Å². The van der Waals surface area contributed by atoms with Gasteiger partial charge in [0, 0.05) is 6.16 Å². The van der Waals surface area contributed by atoms with E-state index in [1.807, 2.05) is 37.3 Å². The first-order valence-electron chi connectivity index (χ1n) is 4.52. The van der Waals surface area contributed by atoms with Crippen LogP contribution in [0.25, 0.3) is 0 Å². The highest BCUT2D eigenvalue weighted by atomic mass is 31.1. The molecule has 0 aliphatic heterocycles. The molecule has 0 heterocycles. The highest BCUT2D eigenvalue weighted by Crippen LogP contribution is 2.22. The van der Waals surface area contributed by atoms with Gasteiger partial charge in [0.15, 0.2) is 8.03 Å². The molecule has 1 unspecified atom stereocenters. The Labute approximate surface area is 79.8 Å². The SMILES string of the molecule is CCO[PH](=O)CCc1ccccc1. The maximum atomic E-state index is 11.2. The lowest BCUT2D eigenvalue weighted by molar-refractivity contribution is 0.350. The summed E-state index contributed by atoms with van der Waals surface area (Å²) in [4.78, 5) is 0. The average Bonchev–Trinajstić information content (AvgIpc) is 2.17. The largest absolute Gasteiger partial charge is 0.331 e. The summed E-state index contributed by atoms with van der Waals surface area (Å²) in [5.74, 6) is 0. The van der Waals surface area contributed by atoms with Crippen molar-refractivity contribution < 1.29 is 9.09 Å². The van der Waals surface area contributed by atoms with Crippen LogP contribution in [-0.2, 0) is 15.5 Å². The van der Waals surface area contributed by atoms with Gasteiger partial charge < -0.3 is 4.52 Å². The van der Waals surface area contributed by atoms with E-state index in [-0.39, 0.29) is 0 Å². The number of hydrogen-bond donors (Lipinski definition) is 0. The molecule has 3 heteroatoms. The Morgan fingerprint density at radius 2 is 2.00 bits per heavy atom. The zero-order chi connectivity index (χ0) is 9.52. The summed E-state index contributed by atoms with van der Waals surface area (Å²) < 4.78 is 16.2. The van der Waals surface area contributed by atoms with Crippen LogP contribution in [0.4, 0.5) is 0 Å².